The highest BCUT2D eigenvalue weighted by molar-refractivity contribution is 4.57. The SMILES string of the molecule is CC(C)C(C)OCCCC[C@@H](CON(O)O)ON(O)O. The van der Waals surface area contributed by atoms with E-state index >= 15 is 0 Å². The third kappa shape index (κ3) is 11.5. The maximum absolute atomic E-state index is 8.57. The zero-order chi connectivity index (χ0) is 15.5. The van der Waals surface area contributed by atoms with Gasteiger partial charge in [-0.15, -0.1) is 0 Å². The van der Waals surface area contributed by atoms with Crippen molar-refractivity contribution < 1.29 is 35.2 Å². The lowest BCUT2D eigenvalue weighted by Gasteiger charge is -2.19. The van der Waals surface area contributed by atoms with Gasteiger partial charge in [0.15, 0.2) is 0 Å². The third-order valence-electron chi connectivity index (χ3n) is 2.86. The Morgan fingerprint density at radius 2 is 1.60 bits per heavy atom. The molecule has 122 valence electrons. The molecule has 0 bridgehead atoms. The van der Waals surface area contributed by atoms with E-state index in [1.807, 2.05) is 6.92 Å². The van der Waals surface area contributed by atoms with E-state index in [1.54, 1.807) is 0 Å². The number of nitrogens with zero attached hydrogens (tertiary/aromatic N) is 2. The number of unbranched alkanes of at least 4 members (excludes halogenated alkanes) is 1. The van der Waals surface area contributed by atoms with Crippen molar-refractivity contribution in [3.8, 4) is 0 Å². The average Bonchev–Trinajstić information content (AvgIpc) is 2.33. The largest absolute Gasteiger partial charge is 0.378 e. The number of hydrogen-bond acceptors (Lipinski definition) is 9. The Balaban J connectivity index is 3.78. The second kappa shape index (κ2) is 11.3. The van der Waals surface area contributed by atoms with Crippen molar-refractivity contribution in [2.45, 2.75) is 52.2 Å². The fraction of sp³-hybridized carbons (Fsp3) is 1.00. The van der Waals surface area contributed by atoms with Crippen molar-refractivity contribution in [2.75, 3.05) is 13.2 Å². The molecule has 0 spiro atoms. The lowest BCUT2D eigenvalue weighted by atomic mass is 10.1. The summed E-state index contributed by atoms with van der Waals surface area (Å²) in [5.74, 6) is 0.455. The second-order valence-electron chi connectivity index (χ2n) is 4.84. The molecule has 0 aromatic carbocycles. The summed E-state index contributed by atoms with van der Waals surface area (Å²) in [5, 5.41) is 33.1. The predicted molar refractivity (Wildman–Crippen MR) is 65.8 cm³/mol. The molecule has 0 saturated heterocycles. The van der Waals surface area contributed by atoms with Gasteiger partial charge in [0.05, 0.1) is 16.9 Å². The first-order chi connectivity index (χ1) is 9.32. The molecule has 0 radical (unpaired) electrons. The quantitative estimate of drug-likeness (QED) is 0.315. The van der Waals surface area contributed by atoms with Crippen molar-refractivity contribution in [3.63, 3.8) is 0 Å². The van der Waals surface area contributed by atoms with Gasteiger partial charge >= 0.3 is 0 Å². The summed E-state index contributed by atoms with van der Waals surface area (Å²) >= 11 is 0. The van der Waals surface area contributed by atoms with Crippen LogP contribution in [0.1, 0.15) is 40.0 Å². The molecule has 9 heteroatoms. The van der Waals surface area contributed by atoms with E-state index in [2.05, 4.69) is 23.5 Å². The molecule has 0 aromatic rings. The van der Waals surface area contributed by atoms with Gasteiger partial charge in [-0.2, -0.15) is 0 Å². The maximum atomic E-state index is 8.57. The standard InChI is InChI=1S/C11H26N2O7/c1-9(2)10(3)18-7-5-4-6-11(20-13(16)17)8-19-12(14)15/h9-11,14-17H,4-8H2,1-3H3/t10?,11-/m0/s1. The van der Waals surface area contributed by atoms with E-state index in [-0.39, 0.29) is 12.7 Å². The van der Waals surface area contributed by atoms with Crippen LogP contribution in [0.5, 0.6) is 0 Å². The molecule has 0 amide bonds. The summed E-state index contributed by atoms with van der Waals surface area (Å²) in [4.78, 5) is 8.97. The van der Waals surface area contributed by atoms with Gasteiger partial charge in [0, 0.05) is 6.61 Å². The van der Waals surface area contributed by atoms with Gasteiger partial charge in [-0.25, -0.2) is 9.68 Å². The van der Waals surface area contributed by atoms with Crippen molar-refractivity contribution >= 4 is 0 Å². The van der Waals surface area contributed by atoms with Crippen LogP contribution < -0.4 is 0 Å². The van der Waals surface area contributed by atoms with Gasteiger partial charge in [-0.1, -0.05) is 13.8 Å². The number of hydrogen-bond donors (Lipinski definition) is 4. The fourth-order valence-electron chi connectivity index (χ4n) is 1.39. The van der Waals surface area contributed by atoms with Gasteiger partial charge in [0.2, 0.25) is 0 Å². The molecule has 0 aliphatic rings. The van der Waals surface area contributed by atoms with Crippen LogP contribution in [0.15, 0.2) is 0 Å². The molecule has 2 atom stereocenters. The van der Waals surface area contributed by atoms with Gasteiger partial charge < -0.3 is 4.74 Å². The van der Waals surface area contributed by atoms with E-state index in [1.165, 1.54) is 0 Å². The van der Waals surface area contributed by atoms with Gasteiger partial charge in [0.25, 0.3) is 0 Å². The predicted octanol–water partition coefficient (Wildman–Crippen LogP) is 1.61. The van der Waals surface area contributed by atoms with Crippen LogP contribution in [-0.2, 0) is 14.4 Å². The van der Waals surface area contributed by atoms with Crippen molar-refractivity contribution in [1.82, 2.24) is 10.8 Å². The second-order valence-corrected chi connectivity index (χ2v) is 4.84. The van der Waals surface area contributed by atoms with Crippen molar-refractivity contribution in [1.29, 1.82) is 0 Å². The first kappa shape index (κ1) is 19.6. The topological polar surface area (TPSA) is 115 Å². The van der Waals surface area contributed by atoms with Gasteiger partial charge in [0.1, 0.15) is 12.7 Å². The monoisotopic (exact) mass is 298 g/mol. The molecule has 0 aliphatic carbocycles. The Kier molecular flexibility index (Phi) is 11.1. The van der Waals surface area contributed by atoms with Crippen LogP contribution in [0.25, 0.3) is 0 Å². The van der Waals surface area contributed by atoms with E-state index < -0.39 is 16.9 Å². The summed E-state index contributed by atoms with van der Waals surface area (Å²) in [5.41, 5.74) is 0. The van der Waals surface area contributed by atoms with Crippen LogP contribution in [0.2, 0.25) is 0 Å². The maximum Gasteiger partial charge on any atom is 0.110 e. The van der Waals surface area contributed by atoms with Gasteiger partial charge in [-0.05, 0) is 32.1 Å². The lowest BCUT2D eigenvalue weighted by molar-refractivity contribution is -0.527. The van der Waals surface area contributed by atoms with Gasteiger partial charge in [-0.3, -0.25) is 20.8 Å². The first-order valence-corrected chi connectivity index (χ1v) is 6.60. The molecule has 0 fully saturated rings. The van der Waals surface area contributed by atoms with E-state index in [4.69, 9.17) is 25.6 Å². The van der Waals surface area contributed by atoms with Crippen molar-refractivity contribution in [3.05, 3.63) is 0 Å². The Hall–Kier alpha value is -0.360. The summed E-state index contributed by atoms with van der Waals surface area (Å²) in [6.45, 7) is 6.53. The average molecular weight is 298 g/mol. The van der Waals surface area contributed by atoms with Crippen LogP contribution in [0.3, 0.4) is 0 Å². The zero-order valence-electron chi connectivity index (χ0n) is 12.2. The molecular formula is C11H26N2O7. The molecule has 4 N–H and O–H groups in total. The minimum absolute atomic E-state index is 0.188. The molecule has 20 heavy (non-hydrogen) atoms. The molecule has 0 rings (SSSR count). The van der Waals surface area contributed by atoms with Crippen LogP contribution in [0.4, 0.5) is 0 Å². The fourth-order valence-corrected chi connectivity index (χ4v) is 1.39. The zero-order valence-corrected chi connectivity index (χ0v) is 12.2. The van der Waals surface area contributed by atoms with E-state index in [0.29, 0.717) is 25.4 Å². The smallest absolute Gasteiger partial charge is 0.110 e. The first-order valence-electron chi connectivity index (χ1n) is 6.60. The molecule has 9 nitrogen and oxygen atoms in total. The van der Waals surface area contributed by atoms with Crippen LogP contribution in [0, 0.1) is 5.92 Å². The summed E-state index contributed by atoms with van der Waals surface area (Å²) in [6, 6.07) is 0. The Morgan fingerprint density at radius 1 is 0.950 bits per heavy atom. The molecule has 1 unspecified atom stereocenters. The number of rotatable bonds is 12. The Bertz CT molecular complexity index is 229. The summed E-state index contributed by atoms with van der Waals surface area (Å²) in [7, 11) is 0. The highest BCUT2D eigenvalue weighted by Gasteiger charge is 2.15. The number of ether oxygens (including phenoxy) is 1. The molecule has 0 heterocycles. The highest BCUT2D eigenvalue weighted by atomic mass is 17.1. The Morgan fingerprint density at radius 3 is 2.10 bits per heavy atom. The van der Waals surface area contributed by atoms with E-state index in [0.717, 1.165) is 6.42 Å². The molecule has 0 saturated carbocycles. The molecule has 0 aliphatic heterocycles. The minimum Gasteiger partial charge on any atom is -0.378 e. The van der Waals surface area contributed by atoms with E-state index in [9.17, 15) is 0 Å². The Labute approximate surface area is 118 Å². The summed E-state index contributed by atoms with van der Waals surface area (Å²) < 4.78 is 5.60. The normalized spacial score (nSPS) is 15.3. The lowest BCUT2D eigenvalue weighted by Crippen LogP contribution is -2.31. The van der Waals surface area contributed by atoms with Crippen molar-refractivity contribution in [2.24, 2.45) is 5.92 Å². The van der Waals surface area contributed by atoms with Crippen LogP contribution >= 0.6 is 0 Å². The summed E-state index contributed by atoms with van der Waals surface area (Å²) in [6.07, 6.45) is 1.37. The molecular weight excluding hydrogens is 272 g/mol. The molecule has 0 aromatic heterocycles. The third-order valence-corrected chi connectivity index (χ3v) is 2.86. The van der Waals surface area contributed by atoms with Crippen LogP contribution in [-0.4, -0.2) is 57.0 Å². The highest BCUT2D eigenvalue weighted by Crippen LogP contribution is 2.10. The minimum atomic E-state index is -0.727.